The highest BCUT2D eigenvalue weighted by Gasteiger charge is 2.61. The molecule has 0 amide bonds. The van der Waals surface area contributed by atoms with Gasteiger partial charge in [0.25, 0.3) is 0 Å². The number of allylic oxidation sites excluding steroid dienone is 4. The first-order chi connectivity index (χ1) is 14.3. The minimum atomic E-state index is -0.248. The number of rotatable bonds is 2. The highest BCUT2D eigenvalue weighted by atomic mass is 32.2. The average molecular weight is 421 g/mol. The van der Waals surface area contributed by atoms with Crippen molar-refractivity contribution in [2.45, 2.75) is 51.2 Å². The smallest absolute Gasteiger partial charge is 0.219 e. The van der Waals surface area contributed by atoms with Gasteiger partial charge in [-0.05, 0) is 55.6 Å². The lowest BCUT2D eigenvalue weighted by Gasteiger charge is -2.58. The highest BCUT2D eigenvalue weighted by molar-refractivity contribution is 8.14. The third-order valence-electron chi connectivity index (χ3n) is 8.53. The van der Waals surface area contributed by atoms with Gasteiger partial charge in [0.15, 0.2) is 5.78 Å². The molecule has 0 radical (unpaired) electrons. The van der Waals surface area contributed by atoms with Crippen LogP contribution in [0.2, 0.25) is 0 Å². The van der Waals surface area contributed by atoms with Crippen LogP contribution in [-0.2, 0) is 9.59 Å². The van der Waals surface area contributed by atoms with Gasteiger partial charge in [-0.2, -0.15) is 0 Å². The van der Waals surface area contributed by atoms with E-state index in [9.17, 15) is 14.4 Å². The maximum absolute atomic E-state index is 13.1. The van der Waals surface area contributed by atoms with Crippen molar-refractivity contribution in [1.82, 2.24) is 0 Å². The van der Waals surface area contributed by atoms with Gasteiger partial charge in [-0.15, -0.1) is 0 Å². The van der Waals surface area contributed by atoms with Crippen molar-refractivity contribution < 1.29 is 14.4 Å². The Morgan fingerprint density at radius 3 is 2.60 bits per heavy atom. The van der Waals surface area contributed by atoms with Crippen LogP contribution < -0.4 is 0 Å². The summed E-state index contributed by atoms with van der Waals surface area (Å²) < 4.78 is 0. The molecule has 6 atom stereocenters. The van der Waals surface area contributed by atoms with E-state index in [1.807, 2.05) is 36.4 Å². The monoisotopic (exact) mass is 420 g/mol. The molecule has 4 aliphatic carbocycles. The Morgan fingerprint density at radius 1 is 1.07 bits per heavy atom. The molecule has 0 bridgehead atoms. The molecule has 4 aliphatic rings. The number of benzene rings is 1. The van der Waals surface area contributed by atoms with E-state index in [0.717, 1.165) is 31.2 Å². The largest absolute Gasteiger partial charge is 0.299 e. The number of thioether (sulfide) groups is 1. The van der Waals surface area contributed by atoms with Crippen LogP contribution in [0, 0.1) is 28.6 Å². The Balaban J connectivity index is 1.54. The molecule has 0 spiro atoms. The van der Waals surface area contributed by atoms with Gasteiger partial charge in [-0.3, -0.25) is 14.4 Å². The molecular formula is C26H28O3S. The molecule has 0 saturated heterocycles. The van der Waals surface area contributed by atoms with Gasteiger partial charge in [-0.1, -0.05) is 67.6 Å². The molecule has 0 aromatic heterocycles. The minimum Gasteiger partial charge on any atom is -0.299 e. The Labute approximate surface area is 182 Å². The average Bonchev–Trinajstić information content (AvgIpc) is 3.04. The molecule has 1 aromatic carbocycles. The van der Waals surface area contributed by atoms with Crippen LogP contribution in [0.15, 0.2) is 54.1 Å². The predicted octanol–water partition coefficient (Wildman–Crippen LogP) is 5.42. The van der Waals surface area contributed by atoms with E-state index < -0.39 is 0 Å². The molecule has 0 heterocycles. The van der Waals surface area contributed by atoms with E-state index in [1.54, 1.807) is 6.08 Å². The molecule has 156 valence electrons. The van der Waals surface area contributed by atoms with Crippen LogP contribution in [0.5, 0.6) is 0 Å². The Hall–Kier alpha value is -1.94. The zero-order valence-electron chi connectivity index (χ0n) is 17.6. The predicted molar refractivity (Wildman–Crippen MR) is 119 cm³/mol. The van der Waals surface area contributed by atoms with E-state index in [1.165, 1.54) is 17.3 Å². The van der Waals surface area contributed by atoms with Crippen LogP contribution in [0.1, 0.15) is 56.3 Å². The summed E-state index contributed by atoms with van der Waals surface area (Å²) in [6.07, 6.45) is 9.90. The van der Waals surface area contributed by atoms with Gasteiger partial charge in [0.2, 0.25) is 5.12 Å². The van der Waals surface area contributed by atoms with E-state index in [-0.39, 0.29) is 27.0 Å². The lowest BCUT2D eigenvalue weighted by molar-refractivity contribution is -0.131. The summed E-state index contributed by atoms with van der Waals surface area (Å²) in [5.41, 5.74) is 1.50. The number of carbonyl (C=O) groups excluding carboxylic acids is 3. The van der Waals surface area contributed by atoms with E-state index in [4.69, 9.17) is 0 Å². The summed E-state index contributed by atoms with van der Waals surface area (Å²) >= 11 is 1.44. The second kappa shape index (κ2) is 7.05. The van der Waals surface area contributed by atoms with Crippen LogP contribution in [0.25, 0.3) is 0 Å². The van der Waals surface area contributed by atoms with Gasteiger partial charge in [0.05, 0.1) is 0 Å². The second-order valence-electron chi connectivity index (χ2n) is 9.91. The van der Waals surface area contributed by atoms with Crippen molar-refractivity contribution >= 4 is 28.4 Å². The van der Waals surface area contributed by atoms with Crippen molar-refractivity contribution in [2.75, 3.05) is 0 Å². The number of ketones is 2. The van der Waals surface area contributed by atoms with Gasteiger partial charge in [0.1, 0.15) is 5.78 Å². The zero-order chi connectivity index (χ0) is 21.1. The van der Waals surface area contributed by atoms with Crippen molar-refractivity contribution in [1.29, 1.82) is 0 Å². The Morgan fingerprint density at radius 2 is 1.83 bits per heavy atom. The van der Waals surface area contributed by atoms with E-state index >= 15 is 0 Å². The maximum Gasteiger partial charge on any atom is 0.219 e. The fourth-order valence-corrected chi connectivity index (χ4v) is 8.16. The van der Waals surface area contributed by atoms with Crippen molar-refractivity contribution in [2.24, 2.45) is 28.6 Å². The lowest BCUT2D eigenvalue weighted by atomic mass is 9.48. The molecule has 0 unspecified atom stereocenters. The topological polar surface area (TPSA) is 51.2 Å². The van der Waals surface area contributed by atoms with Crippen molar-refractivity contribution in [3.05, 3.63) is 59.7 Å². The first-order valence-corrected chi connectivity index (χ1v) is 11.9. The van der Waals surface area contributed by atoms with Gasteiger partial charge >= 0.3 is 0 Å². The van der Waals surface area contributed by atoms with Gasteiger partial charge in [0, 0.05) is 28.1 Å². The van der Waals surface area contributed by atoms with E-state index in [2.05, 4.69) is 19.9 Å². The highest BCUT2D eigenvalue weighted by Crippen LogP contribution is 2.65. The molecule has 1 aromatic rings. The number of Topliss-reactive ketones (excluding diaryl/α,β-unsaturated/α-hetero) is 1. The number of fused-ring (bicyclic) bond motifs is 5. The molecule has 30 heavy (non-hydrogen) atoms. The first kappa shape index (κ1) is 20.0. The quantitative estimate of drug-likeness (QED) is 0.641. The number of hydrogen-bond donors (Lipinski definition) is 0. The first-order valence-electron chi connectivity index (χ1n) is 11.1. The molecule has 4 heteroatoms. The van der Waals surface area contributed by atoms with Crippen LogP contribution in [0.4, 0.5) is 0 Å². The SMILES string of the molecule is C[C@]12C=CC(=O)C=C1C[C@@H](SC(=O)c1ccccc1)[C@@H]1[C@@H]2CC[C@]2(C)C(=O)CC[C@@H]12. The standard InChI is InChI=1S/C26H28O3S/c1-25-12-10-18(27)14-17(25)15-21(30-24(29)16-6-4-3-5-7-16)23-19-8-9-22(28)26(19,2)13-11-20(23)25/h3-7,10,12,14,19-21,23H,8-9,11,13,15H2,1-2H3/t19-,20-,21+,23-,25-,26-/m0/s1. The third-order valence-corrected chi connectivity index (χ3v) is 9.77. The summed E-state index contributed by atoms with van der Waals surface area (Å²) in [5.74, 6) is 1.47. The summed E-state index contributed by atoms with van der Waals surface area (Å²) in [7, 11) is 0. The third kappa shape index (κ3) is 2.90. The summed E-state index contributed by atoms with van der Waals surface area (Å²) in [6.45, 7) is 4.43. The maximum atomic E-state index is 13.1. The second-order valence-corrected chi connectivity index (χ2v) is 11.1. The number of hydrogen-bond acceptors (Lipinski definition) is 4. The Kier molecular flexibility index (Phi) is 4.70. The fourth-order valence-electron chi connectivity index (χ4n) is 6.82. The molecule has 3 fully saturated rings. The molecular weight excluding hydrogens is 392 g/mol. The van der Waals surface area contributed by atoms with Crippen LogP contribution >= 0.6 is 11.8 Å². The summed E-state index contributed by atoms with van der Waals surface area (Å²) in [6, 6.07) is 9.46. The zero-order valence-corrected chi connectivity index (χ0v) is 18.4. The lowest BCUT2D eigenvalue weighted by Crippen LogP contribution is -2.54. The molecule has 3 saturated carbocycles. The van der Waals surface area contributed by atoms with Crippen molar-refractivity contribution in [3.8, 4) is 0 Å². The van der Waals surface area contributed by atoms with Crippen molar-refractivity contribution in [3.63, 3.8) is 0 Å². The van der Waals surface area contributed by atoms with Crippen LogP contribution in [-0.4, -0.2) is 21.9 Å². The van der Waals surface area contributed by atoms with E-state index in [0.29, 0.717) is 30.0 Å². The minimum absolute atomic E-state index is 0.0516. The normalized spacial score (nSPS) is 39.7. The molecule has 5 rings (SSSR count). The molecule has 0 N–H and O–H groups in total. The Bertz CT molecular complexity index is 977. The van der Waals surface area contributed by atoms with Gasteiger partial charge in [-0.25, -0.2) is 0 Å². The summed E-state index contributed by atoms with van der Waals surface area (Å²) in [5, 5.41) is 0.203. The van der Waals surface area contributed by atoms with Gasteiger partial charge < -0.3 is 0 Å². The fraction of sp³-hybridized carbons (Fsp3) is 0.500. The number of carbonyl (C=O) groups is 3. The van der Waals surface area contributed by atoms with Crippen LogP contribution in [0.3, 0.4) is 0 Å². The molecule has 3 nitrogen and oxygen atoms in total. The summed E-state index contributed by atoms with van der Waals surface area (Å²) in [4.78, 5) is 38.1. The molecule has 0 aliphatic heterocycles.